The Kier molecular flexibility index (Phi) is 4.70. The number of rotatable bonds is 5. The van der Waals surface area contributed by atoms with Crippen LogP contribution in [-0.4, -0.2) is 52.0 Å². The van der Waals surface area contributed by atoms with Crippen molar-refractivity contribution in [3.63, 3.8) is 0 Å². The van der Waals surface area contributed by atoms with Crippen LogP contribution in [0.5, 0.6) is 0 Å². The van der Waals surface area contributed by atoms with Crippen molar-refractivity contribution in [1.82, 2.24) is 14.9 Å². The van der Waals surface area contributed by atoms with Gasteiger partial charge in [-0.3, -0.25) is 4.79 Å². The Morgan fingerprint density at radius 3 is 2.65 bits per heavy atom. The van der Waals surface area contributed by atoms with Gasteiger partial charge in [-0.1, -0.05) is 0 Å². The number of hydrogen-bond acceptors (Lipinski definition) is 5. The number of aromatic nitrogens is 2. The molecule has 0 aliphatic carbocycles. The molecule has 17 heavy (non-hydrogen) atoms. The van der Waals surface area contributed by atoms with Crippen LogP contribution in [0.4, 0.5) is 14.6 Å². The van der Waals surface area contributed by atoms with E-state index in [0.717, 1.165) is 17.3 Å². The van der Waals surface area contributed by atoms with Gasteiger partial charge in [0, 0.05) is 6.54 Å². The average molecular weight is 246 g/mol. The molecule has 0 radical (unpaired) electrons. The van der Waals surface area contributed by atoms with Crippen molar-refractivity contribution in [2.45, 2.75) is 6.43 Å². The van der Waals surface area contributed by atoms with Crippen molar-refractivity contribution in [3.05, 3.63) is 18.1 Å². The van der Waals surface area contributed by atoms with Crippen LogP contribution in [0.15, 0.2) is 12.4 Å². The number of anilines is 1. The molecule has 0 saturated carbocycles. The number of carbonyl (C=O) groups excluding carboxylic acids is 1. The van der Waals surface area contributed by atoms with E-state index in [1.54, 1.807) is 0 Å². The Balaban J connectivity index is 2.79. The molecule has 0 aliphatic rings. The number of nitrogens with zero attached hydrogens (tertiary/aromatic N) is 3. The van der Waals surface area contributed by atoms with Gasteiger partial charge >= 0.3 is 0 Å². The fraction of sp³-hybridized carbons (Fsp3) is 0.444. The van der Waals surface area contributed by atoms with E-state index in [0.29, 0.717) is 0 Å². The Labute approximate surface area is 96.1 Å². The Morgan fingerprint density at radius 1 is 1.47 bits per heavy atom. The highest BCUT2D eigenvalue weighted by atomic mass is 19.3. The van der Waals surface area contributed by atoms with E-state index in [1.165, 1.54) is 0 Å². The van der Waals surface area contributed by atoms with Crippen molar-refractivity contribution in [2.24, 2.45) is 0 Å². The second-order valence-electron chi connectivity index (χ2n) is 3.19. The maximum absolute atomic E-state index is 12.2. The van der Waals surface area contributed by atoms with E-state index < -0.39 is 25.5 Å². The van der Waals surface area contributed by atoms with Gasteiger partial charge < -0.3 is 15.7 Å². The summed E-state index contributed by atoms with van der Waals surface area (Å²) in [6.07, 6.45) is -0.410. The quantitative estimate of drug-likeness (QED) is 0.748. The zero-order valence-electron chi connectivity index (χ0n) is 8.88. The van der Waals surface area contributed by atoms with Gasteiger partial charge in [0.2, 0.25) is 0 Å². The number of alkyl halides is 2. The van der Waals surface area contributed by atoms with Crippen LogP contribution in [0.2, 0.25) is 0 Å². The monoisotopic (exact) mass is 246 g/mol. The number of carbonyl (C=O) groups is 1. The van der Waals surface area contributed by atoms with Crippen molar-refractivity contribution in [3.8, 4) is 0 Å². The lowest BCUT2D eigenvalue weighted by Gasteiger charge is -2.20. The Hall–Kier alpha value is -1.83. The van der Waals surface area contributed by atoms with Crippen LogP contribution in [0.1, 0.15) is 10.5 Å². The van der Waals surface area contributed by atoms with Gasteiger partial charge in [0.15, 0.2) is 0 Å². The lowest BCUT2D eigenvalue weighted by molar-refractivity contribution is 0.0504. The minimum Gasteiger partial charge on any atom is -0.395 e. The molecule has 1 amide bonds. The summed E-state index contributed by atoms with van der Waals surface area (Å²) in [5.41, 5.74) is 5.19. The Morgan fingerprint density at radius 2 is 2.18 bits per heavy atom. The highest BCUT2D eigenvalue weighted by Crippen LogP contribution is 2.05. The molecule has 0 bridgehead atoms. The van der Waals surface area contributed by atoms with E-state index in [9.17, 15) is 13.6 Å². The summed E-state index contributed by atoms with van der Waals surface area (Å²) in [5.74, 6) is -0.587. The van der Waals surface area contributed by atoms with Crippen LogP contribution in [-0.2, 0) is 0 Å². The molecule has 0 aliphatic heterocycles. The molecule has 8 heteroatoms. The zero-order chi connectivity index (χ0) is 12.8. The second kappa shape index (κ2) is 6.04. The zero-order valence-corrected chi connectivity index (χ0v) is 8.88. The summed E-state index contributed by atoms with van der Waals surface area (Å²) >= 11 is 0. The standard InChI is InChI=1S/C9H12F2N4O2/c10-7(11)5-15(1-2-16)9(17)6-3-14-8(12)4-13-6/h3-4,7,16H,1-2,5H2,(H2,12,14). The first-order valence-corrected chi connectivity index (χ1v) is 4.80. The summed E-state index contributed by atoms with van der Waals surface area (Å²) in [6.45, 7) is -1.35. The number of nitrogens with two attached hydrogens (primary N) is 1. The average Bonchev–Trinajstić information content (AvgIpc) is 2.28. The summed E-state index contributed by atoms with van der Waals surface area (Å²) in [6, 6.07) is 0. The van der Waals surface area contributed by atoms with Crippen LogP contribution in [0, 0.1) is 0 Å². The smallest absolute Gasteiger partial charge is 0.274 e. The van der Waals surface area contributed by atoms with Crippen molar-refractivity contribution >= 4 is 11.7 Å². The number of hydrogen-bond donors (Lipinski definition) is 2. The molecule has 1 heterocycles. The van der Waals surface area contributed by atoms with Gasteiger partial charge in [-0.25, -0.2) is 18.7 Å². The highest BCUT2D eigenvalue weighted by molar-refractivity contribution is 5.92. The molecule has 6 nitrogen and oxygen atoms in total. The lowest BCUT2D eigenvalue weighted by atomic mass is 10.3. The van der Waals surface area contributed by atoms with Crippen LogP contribution < -0.4 is 5.73 Å². The Bertz CT molecular complexity index is 372. The van der Waals surface area contributed by atoms with Crippen molar-refractivity contribution in [1.29, 1.82) is 0 Å². The second-order valence-corrected chi connectivity index (χ2v) is 3.19. The molecule has 0 fully saturated rings. The van der Waals surface area contributed by atoms with Gasteiger partial charge in [0.25, 0.3) is 12.3 Å². The molecule has 0 unspecified atom stereocenters. The summed E-state index contributed by atoms with van der Waals surface area (Å²) in [7, 11) is 0. The molecular weight excluding hydrogens is 234 g/mol. The first kappa shape index (κ1) is 13.2. The van der Waals surface area contributed by atoms with Crippen LogP contribution >= 0.6 is 0 Å². The first-order valence-electron chi connectivity index (χ1n) is 4.80. The molecule has 0 saturated heterocycles. The van der Waals surface area contributed by atoms with E-state index in [2.05, 4.69) is 9.97 Å². The lowest BCUT2D eigenvalue weighted by Crippen LogP contribution is -2.37. The molecule has 0 atom stereocenters. The molecule has 1 rings (SSSR count). The molecule has 94 valence electrons. The normalized spacial score (nSPS) is 10.6. The number of aliphatic hydroxyl groups excluding tert-OH is 1. The summed E-state index contributed by atoms with van der Waals surface area (Å²) < 4.78 is 24.4. The number of amides is 1. The molecular formula is C9H12F2N4O2. The van der Waals surface area contributed by atoms with Gasteiger partial charge in [-0.05, 0) is 0 Å². The van der Waals surface area contributed by atoms with Crippen molar-refractivity contribution < 1.29 is 18.7 Å². The number of nitrogen functional groups attached to an aromatic ring is 1. The minimum absolute atomic E-state index is 0.0895. The van der Waals surface area contributed by atoms with Crippen LogP contribution in [0.25, 0.3) is 0 Å². The number of halogens is 2. The first-order chi connectivity index (χ1) is 8.04. The third-order valence-corrected chi connectivity index (χ3v) is 1.91. The molecule has 1 aromatic heterocycles. The highest BCUT2D eigenvalue weighted by Gasteiger charge is 2.20. The van der Waals surface area contributed by atoms with Crippen LogP contribution in [0.3, 0.4) is 0 Å². The summed E-state index contributed by atoms with van der Waals surface area (Å²) in [5, 5.41) is 8.69. The predicted octanol–water partition coefficient (Wildman–Crippen LogP) is -0.242. The maximum Gasteiger partial charge on any atom is 0.274 e. The predicted molar refractivity (Wildman–Crippen MR) is 55.4 cm³/mol. The van der Waals surface area contributed by atoms with Crippen molar-refractivity contribution in [2.75, 3.05) is 25.4 Å². The third kappa shape index (κ3) is 3.91. The maximum atomic E-state index is 12.2. The SMILES string of the molecule is Nc1cnc(C(=O)N(CCO)CC(F)F)cn1. The topological polar surface area (TPSA) is 92.3 Å². The molecule has 0 aromatic carbocycles. The van der Waals surface area contributed by atoms with Gasteiger partial charge in [-0.15, -0.1) is 0 Å². The van der Waals surface area contributed by atoms with Gasteiger partial charge in [0.1, 0.15) is 11.5 Å². The van der Waals surface area contributed by atoms with Gasteiger partial charge in [-0.2, -0.15) is 0 Å². The molecule has 3 N–H and O–H groups in total. The fourth-order valence-electron chi connectivity index (χ4n) is 1.17. The van der Waals surface area contributed by atoms with E-state index in [-0.39, 0.29) is 18.1 Å². The number of aliphatic hydroxyl groups is 1. The molecule has 0 spiro atoms. The summed E-state index contributed by atoms with van der Waals surface area (Å²) in [4.78, 5) is 19.9. The third-order valence-electron chi connectivity index (χ3n) is 1.91. The van der Waals surface area contributed by atoms with Gasteiger partial charge in [0.05, 0.1) is 25.5 Å². The largest absolute Gasteiger partial charge is 0.395 e. The van der Waals surface area contributed by atoms with E-state index >= 15 is 0 Å². The fourth-order valence-corrected chi connectivity index (χ4v) is 1.17. The van der Waals surface area contributed by atoms with E-state index in [4.69, 9.17) is 10.8 Å². The van der Waals surface area contributed by atoms with E-state index in [1.807, 2.05) is 0 Å². The molecule has 1 aromatic rings. The minimum atomic E-state index is -2.67.